The molecular formula is C18H27NO3. The van der Waals surface area contributed by atoms with Gasteiger partial charge < -0.3 is 9.84 Å². The summed E-state index contributed by atoms with van der Waals surface area (Å²) >= 11 is 0. The van der Waals surface area contributed by atoms with Crippen LogP contribution in [-0.4, -0.2) is 40.3 Å². The maximum absolute atomic E-state index is 11.9. The smallest absolute Gasteiger partial charge is 0.308 e. The Hall–Kier alpha value is -1.39. The van der Waals surface area contributed by atoms with Crippen molar-refractivity contribution >= 4 is 5.97 Å². The first kappa shape index (κ1) is 17.0. The van der Waals surface area contributed by atoms with Crippen LogP contribution in [0.4, 0.5) is 0 Å². The largest absolute Gasteiger partial charge is 0.460 e. The Kier molecular flexibility index (Phi) is 5.59. The highest BCUT2D eigenvalue weighted by Gasteiger charge is 2.32. The lowest BCUT2D eigenvalue weighted by Crippen LogP contribution is -2.40. The third-order valence-electron chi connectivity index (χ3n) is 3.88. The summed E-state index contributed by atoms with van der Waals surface area (Å²) in [5.74, 6) is -0.327. The van der Waals surface area contributed by atoms with Gasteiger partial charge in [-0.1, -0.05) is 30.3 Å². The lowest BCUT2D eigenvalue weighted by Gasteiger charge is -2.29. The Labute approximate surface area is 133 Å². The molecule has 0 bridgehead atoms. The molecule has 1 fully saturated rings. The summed E-state index contributed by atoms with van der Waals surface area (Å²) in [5.41, 5.74) is 0.731. The van der Waals surface area contributed by atoms with E-state index in [1.165, 1.54) is 5.56 Å². The molecule has 1 saturated heterocycles. The van der Waals surface area contributed by atoms with Crippen LogP contribution in [0.15, 0.2) is 30.3 Å². The minimum Gasteiger partial charge on any atom is -0.460 e. The number of aliphatic hydroxyl groups excluding tert-OH is 1. The highest BCUT2D eigenvalue weighted by molar-refractivity contribution is 5.70. The average Bonchev–Trinajstić information content (AvgIpc) is 2.85. The number of carbonyl (C=O) groups excluding carboxylic acids is 1. The van der Waals surface area contributed by atoms with E-state index in [9.17, 15) is 9.90 Å². The predicted octanol–water partition coefficient (Wildman–Crippen LogP) is 2.74. The Balaban J connectivity index is 1.91. The van der Waals surface area contributed by atoms with Crippen molar-refractivity contribution in [1.82, 2.24) is 4.90 Å². The molecule has 1 aliphatic heterocycles. The van der Waals surface area contributed by atoms with Crippen LogP contribution in [0, 0.1) is 0 Å². The Morgan fingerprint density at radius 3 is 2.68 bits per heavy atom. The maximum atomic E-state index is 11.9. The van der Waals surface area contributed by atoms with Gasteiger partial charge in [0.15, 0.2) is 0 Å². The molecule has 1 N–H and O–H groups in total. The van der Waals surface area contributed by atoms with Crippen molar-refractivity contribution in [3.05, 3.63) is 35.9 Å². The van der Waals surface area contributed by atoms with Crippen LogP contribution in [0.5, 0.6) is 0 Å². The van der Waals surface area contributed by atoms with Gasteiger partial charge in [0.2, 0.25) is 0 Å². The summed E-state index contributed by atoms with van der Waals surface area (Å²) in [6.45, 7) is 7.31. The second kappa shape index (κ2) is 7.25. The molecular weight excluding hydrogens is 278 g/mol. The Morgan fingerprint density at radius 2 is 2.05 bits per heavy atom. The van der Waals surface area contributed by atoms with Gasteiger partial charge >= 0.3 is 5.97 Å². The molecule has 0 unspecified atom stereocenters. The van der Waals surface area contributed by atoms with Crippen molar-refractivity contribution in [3.8, 4) is 0 Å². The normalized spacial score (nSPS) is 20.8. The molecule has 1 heterocycles. The van der Waals surface area contributed by atoms with Crippen molar-refractivity contribution in [2.24, 2.45) is 0 Å². The molecule has 0 aliphatic carbocycles. The summed E-state index contributed by atoms with van der Waals surface area (Å²) in [6, 6.07) is 10.3. The molecule has 1 aromatic carbocycles. The summed E-state index contributed by atoms with van der Waals surface area (Å²) in [7, 11) is 0. The predicted molar refractivity (Wildman–Crippen MR) is 86.3 cm³/mol. The fraction of sp³-hybridized carbons (Fsp3) is 0.611. The first-order valence-electron chi connectivity index (χ1n) is 8.03. The van der Waals surface area contributed by atoms with Crippen LogP contribution >= 0.6 is 0 Å². The second-order valence-corrected chi connectivity index (χ2v) is 7.02. The number of aliphatic hydroxyl groups is 1. The average molecular weight is 305 g/mol. The highest BCUT2D eigenvalue weighted by atomic mass is 16.6. The van der Waals surface area contributed by atoms with Crippen molar-refractivity contribution < 1.29 is 14.6 Å². The number of hydrogen-bond acceptors (Lipinski definition) is 4. The number of carbonyl (C=O) groups is 1. The van der Waals surface area contributed by atoms with Gasteiger partial charge in [0, 0.05) is 12.6 Å². The molecule has 0 aromatic heterocycles. The highest BCUT2D eigenvalue weighted by Crippen LogP contribution is 2.24. The third-order valence-corrected chi connectivity index (χ3v) is 3.88. The van der Waals surface area contributed by atoms with Gasteiger partial charge in [-0.15, -0.1) is 0 Å². The zero-order chi connectivity index (χ0) is 16.2. The van der Waals surface area contributed by atoms with E-state index >= 15 is 0 Å². The summed E-state index contributed by atoms with van der Waals surface area (Å²) in [6.07, 6.45) is 1.38. The van der Waals surface area contributed by atoms with Crippen LogP contribution in [0.3, 0.4) is 0 Å². The van der Waals surface area contributed by atoms with Crippen LogP contribution in [0.25, 0.3) is 0 Å². The van der Waals surface area contributed by atoms with Gasteiger partial charge in [0.05, 0.1) is 12.5 Å². The quantitative estimate of drug-likeness (QED) is 0.850. The molecule has 22 heavy (non-hydrogen) atoms. The molecule has 1 aliphatic rings. The zero-order valence-electron chi connectivity index (χ0n) is 13.8. The number of nitrogens with zero attached hydrogens (tertiary/aromatic N) is 1. The van der Waals surface area contributed by atoms with E-state index < -0.39 is 11.7 Å². The summed E-state index contributed by atoms with van der Waals surface area (Å²) in [4.78, 5) is 14.2. The number of ether oxygens (including phenoxy) is 1. The number of likely N-dealkylation sites (tertiary alicyclic amines) is 1. The zero-order valence-corrected chi connectivity index (χ0v) is 13.8. The number of hydrogen-bond donors (Lipinski definition) is 1. The van der Waals surface area contributed by atoms with Crippen molar-refractivity contribution in [1.29, 1.82) is 0 Å². The van der Waals surface area contributed by atoms with E-state index in [4.69, 9.17) is 4.74 Å². The van der Waals surface area contributed by atoms with Crippen LogP contribution in [-0.2, 0) is 16.1 Å². The van der Waals surface area contributed by atoms with Gasteiger partial charge in [0.1, 0.15) is 5.60 Å². The van der Waals surface area contributed by atoms with Gasteiger partial charge in [-0.05, 0) is 45.7 Å². The first-order valence-corrected chi connectivity index (χ1v) is 8.03. The number of benzene rings is 1. The molecule has 122 valence electrons. The number of esters is 1. The Morgan fingerprint density at radius 1 is 1.36 bits per heavy atom. The first-order chi connectivity index (χ1) is 10.3. The van der Waals surface area contributed by atoms with Gasteiger partial charge in [0.25, 0.3) is 0 Å². The monoisotopic (exact) mass is 305 g/mol. The minimum absolute atomic E-state index is 0.0349. The number of rotatable bonds is 5. The molecule has 0 spiro atoms. The summed E-state index contributed by atoms with van der Waals surface area (Å²) in [5, 5.41) is 10.4. The molecule has 4 nitrogen and oxygen atoms in total. The van der Waals surface area contributed by atoms with Crippen molar-refractivity contribution in [2.75, 3.05) is 6.54 Å². The van der Waals surface area contributed by atoms with Crippen molar-refractivity contribution in [3.63, 3.8) is 0 Å². The molecule has 0 saturated carbocycles. The molecule has 0 radical (unpaired) electrons. The molecule has 2 rings (SSSR count). The van der Waals surface area contributed by atoms with E-state index in [0.717, 1.165) is 25.9 Å². The van der Waals surface area contributed by atoms with E-state index in [0.29, 0.717) is 0 Å². The fourth-order valence-corrected chi connectivity index (χ4v) is 2.99. The van der Waals surface area contributed by atoms with Gasteiger partial charge in [-0.25, -0.2) is 0 Å². The summed E-state index contributed by atoms with van der Waals surface area (Å²) < 4.78 is 5.30. The molecule has 2 atom stereocenters. The van der Waals surface area contributed by atoms with E-state index in [-0.39, 0.29) is 18.4 Å². The molecule has 0 amide bonds. The molecule has 4 heteroatoms. The second-order valence-electron chi connectivity index (χ2n) is 7.02. The lowest BCUT2D eigenvalue weighted by molar-refractivity contribution is -0.157. The maximum Gasteiger partial charge on any atom is 0.308 e. The Bertz CT molecular complexity index is 481. The van der Waals surface area contributed by atoms with E-state index in [2.05, 4.69) is 17.0 Å². The SMILES string of the molecule is CC(C)(C)OC(=O)C[C@H](O)[C@@H]1CCCN1Cc1ccccc1. The topological polar surface area (TPSA) is 49.8 Å². The van der Waals surface area contributed by atoms with E-state index in [1.807, 2.05) is 39.0 Å². The van der Waals surface area contributed by atoms with Crippen molar-refractivity contribution in [2.45, 2.75) is 64.3 Å². The lowest BCUT2D eigenvalue weighted by atomic mass is 10.0. The standard InChI is InChI=1S/C18H27NO3/c1-18(2,3)22-17(21)12-16(20)15-10-7-11-19(15)13-14-8-5-4-6-9-14/h4-6,8-9,15-16,20H,7,10-13H2,1-3H3/t15-,16-/m0/s1. The third kappa shape index (κ3) is 5.11. The van der Waals surface area contributed by atoms with Crippen LogP contribution in [0.1, 0.15) is 45.6 Å². The van der Waals surface area contributed by atoms with E-state index in [1.54, 1.807) is 0 Å². The van der Waals surface area contributed by atoms with Gasteiger partial charge in [-0.2, -0.15) is 0 Å². The molecule has 1 aromatic rings. The minimum atomic E-state index is -0.666. The van der Waals surface area contributed by atoms with Gasteiger partial charge in [-0.3, -0.25) is 9.69 Å². The van der Waals surface area contributed by atoms with Crippen LogP contribution < -0.4 is 0 Å². The fourth-order valence-electron chi connectivity index (χ4n) is 2.99. The van der Waals surface area contributed by atoms with Crippen LogP contribution in [0.2, 0.25) is 0 Å².